The van der Waals surface area contributed by atoms with Gasteiger partial charge < -0.3 is 15.6 Å². The van der Waals surface area contributed by atoms with Gasteiger partial charge in [0.2, 0.25) is 0 Å². The van der Waals surface area contributed by atoms with E-state index in [1.165, 1.54) is 0 Å². The van der Waals surface area contributed by atoms with Crippen molar-refractivity contribution in [1.82, 2.24) is 4.90 Å². The number of nitrogens with two attached hydrogens (primary N) is 1. The first-order valence-electron chi connectivity index (χ1n) is 5.35. The zero-order valence-electron chi connectivity index (χ0n) is 9.44. The van der Waals surface area contributed by atoms with Crippen LogP contribution in [-0.4, -0.2) is 53.8 Å². The summed E-state index contributed by atoms with van der Waals surface area (Å²) in [5.74, 6) is 0.210. The molecular formula is C10H21N3O2. The lowest BCUT2D eigenvalue weighted by atomic mass is 10.1. The molecule has 3 atom stereocenters. The van der Waals surface area contributed by atoms with Gasteiger partial charge in [-0.15, -0.1) is 0 Å². The molecule has 0 saturated carbocycles. The average Bonchev–Trinajstić information content (AvgIpc) is 2.17. The van der Waals surface area contributed by atoms with Crippen molar-refractivity contribution in [1.29, 1.82) is 5.41 Å². The van der Waals surface area contributed by atoms with Crippen LogP contribution in [0.15, 0.2) is 0 Å². The van der Waals surface area contributed by atoms with Gasteiger partial charge in [0, 0.05) is 25.0 Å². The van der Waals surface area contributed by atoms with Gasteiger partial charge in [0.05, 0.1) is 25.2 Å². The Morgan fingerprint density at radius 3 is 2.93 bits per heavy atom. The maximum Gasteiger partial charge on any atom is 0.0933 e. The molecule has 0 aromatic heterocycles. The molecule has 0 aromatic carbocycles. The van der Waals surface area contributed by atoms with Crippen LogP contribution < -0.4 is 5.73 Å². The monoisotopic (exact) mass is 215 g/mol. The summed E-state index contributed by atoms with van der Waals surface area (Å²) in [6.45, 7) is 5.54. The van der Waals surface area contributed by atoms with Crippen LogP contribution in [0.1, 0.15) is 20.3 Å². The molecular weight excluding hydrogens is 194 g/mol. The number of hydrogen-bond acceptors (Lipinski definition) is 4. The first-order chi connectivity index (χ1) is 7.04. The lowest BCUT2D eigenvalue weighted by molar-refractivity contribution is -0.0881. The largest absolute Gasteiger partial charge is 0.394 e. The summed E-state index contributed by atoms with van der Waals surface area (Å²) in [6.07, 6.45) is 0.471. The fraction of sp³-hybridized carbons (Fsp3) is 0.900. The second-order valence-corrected chi connectivity index (χ2v) is 4.26. The van der Waals surface area contributed by atoms with E-state index in [-0.39, 0.29) is 24.6 Å². The Kier molecular flexibility index (Phi) is 4.50. The number of nitrogens with zero attached hydrogens (tertiary/aromatic N) is 1. The van der Waals surface area contributed by atoms with Crippen molar-refractivity contribution in [3.05, 3.63) is 0 Å². The van der Waals surface area contributed by atoms with Gasteiger partial charge in [-0.25, -0.2) is 0 Å². The van der Waals surface area contributed by atoms with Gasteiger partial charge in [-0.1, -0.05) is 0 Å². The Bertz CT molecular complexity index is 223. The number of morpholine rings is 1. The molecule has 0 radical (unpaired) electrons. The minimum absolute atomic E-state index is 0.0516. The van der Waals surface area contributed by atoms with Gasteiger partial charge >= 0.3 is 0 Å². The number of aliphatic hydroxyl groups is 1. The lowest BCUT2D eigenvalue weighted by Crippen LogP contribution is -2.53. The second-order valence-electron chi connectivity index (χ2n) is 4.26. The summed E-state index contributed by atoms with van der Waals surface area (Å²) < 4.78 is 5.45. The highest BCUT2D eigenvalue weighted by molar-refractivity contribution is 5.77. The molecule has 1 saturated heterocycles. The Labute approximate surface area is 90.7 Å². The summed E-state index contributed by atoms with van der Waals surface area (Å²) >= 11 is 0. The molecule has 5 nitrogen and oxygen atoms in total. The van der Waals surface area contributed by atoms with Crippen molar-refractivity contribution in [2.24, 2.45) is 5.73 Å². The highest BCUT2D eigenvalue weighted by atomic mass is 16.5. The quantitative estimate of drug-likeness (QED) is 0.447. The van der Waals surface area contributed by atoms with Gasteiger partial charge in [-0.3, -0.25) is 10.3 Å². The van der Waals surface area contributed by atoms with E-state index in [0.717, 1.165) is 0 Å². The summed E-state index contributed by atoms with van der Waals surface area (Å²) in [4.78, 5) is 2.24. The fourth-order valence-electron chi connectivity index (χ4n) is 2.00. The molecule has 0 spiro atoms. The Hall–Kier alpha value is -0.650. The SMILES string of the molecule is CC1COC(CO)CN1C(C)CC(=N)N. The minimum Gasteiger partial charge on any atom is -0.394 e. The van der Waals surface area contributed by atoms with Gasteiger partial charge in [0.1, 0.15) is 0 Å². The van der Waals surface area contributed by atoms with Crippen molar-refractivity contribution in [2.45, 2.75) is 38.5 Å². The molecule has 5 heteroatoms. The highest BCUT2D eigenvalue weighted by Gasteiger charge is 2.29. The third-order valence-electron chi connectivity index (χ3n) is 2.84. The van der Waals surface area contributed by atoms with Crippen LogP contribution in [0.5, 0.6) is 0 Å². The van der Waals surface area contributed by atoms with Crippen molar-refractivity contribution >= 4 is 5.84 Å². The van der Waals surface area contributed by atoms with E-state index in [4.69, 9.17) is 21.0 Å². The maximum atomic E-state index is 9.04. The fourth-order valence-corrected chi connectivity index (χ4v) is 2.00. The van der Waals surface area contributed by atoms with Crippen molar-refractivity contribution in [2.75, 3.05) is 19.8 Å². The van der Waals surface area contributed by atoms with Crippen LogP contribution in [0.2, 0.25) is 0 Å². The Morgan fingerprint density at radius 1 is 1.73 bits per heavy atom. The van der Waals surface area contributed by atoms with Crippen LogP contribution in [-0.2, 0) is 4.74 Å². The van der Waals surface area contributed by atoms with E-state index in [2.05, 4.69) is 18.7 Å². The molecule has 0 aliphatic carbocycles. The first-order valence-corrected chi connectivity index (χ1v) is 5.35. The number of aliphatic hydroxyl groups excluding tert-OH is 1. The molecule has 1 aliphatic heterocycles. The minimum atomic E-state index is -0.101. The normalized spacial score (nSPS) is 30.1. The third-order valence-corrected chi connectivity index (χ3v) is 2.84. The predicted molar refractivity (Wildman–Crippen MR) is 59.0 cm³/mol. The topological polar surface area (TPSA) is 82.6 Å². The van der Waals surface area contributed by atoms with Crippen molar-refractivity contribution in [3.63, 3.8) is 0 Å². The molecule has 0 aromatic rings. The van der Waals surface area contributed by atoms with E-state index in [0.29, 0.717) is 25.6 Å². The molecule has 4 N–H and O–H groups in total. The predicted octanol–water partition coefficient (Wildman–Crippen LogP) is -0.217. The smallest absolute Gasteiger partial charge is 0.0933 e. The molecule has 88 valence electrons. The van der Waals surface area contributed by atoms with Crippen molar-refractivity contribution < 1.29 is 9.84 Å². The summed E-state index contributed by atoms with van der Waals surface area (Å²) in [5, 5.41) is 16.3. The van der Waals surface area contributed by atoms with E-state index >= 15 is 0 Å². The Morgan fingerprint density at radius 2 is 2.40 bits per heavy atom. The van der Waals surface area contributed by atoms with Gasteiger partial charge in [0.15, 0.2) is 0 Å². The van der Waals surface area contributed by atoms with Crippen LogP contribution in [0, 0.1) is 5.41 Å². The van der Waals surface area contributed by atoms with Crippen LogP contribution in [0.3, 0.4) is 0 Å². The zero-order valence-corrected chi connectivity index (χ0v) is 9.44. The van der Waals surface area contributed by atoms with E-state index in [1.54, 1.807) is 0 Å². The van der Waals surface area contributed by atoms with Gasteiger partial charge in [0.25, 0.3) is 0 Å². The molecule has 1 rings (SSSR count). The lowest BCUT2D eigenvalue weighted by Gasteiger charge is -2.41. The highest BCUT2D eigenvalue weighted by Crippen LogP contribution is 2.16. The standard InChI is InChI=1S/C10H21N3O2/c1-7(3-10(11)12)13-4-9(5-14)15-6-8(13)2/h7-9,14H,3-6H2,1-2H3,(H3,11,12). The number of amidine groups is 1. The summed E-state index contributed by atoms with van der Waals surface area (Å²) in [5.41, 5.74) is 5.39. The molecule has 3 unspecified atom stereocenters. The molecule has 15 heavy (non-hydrogen) atoms. The van der Waals surface area contributed by atoms with Gasteiger partial charge in [-0.05, 0) is 13.8 Å². The maximum absolute atomic E-state index is 9.04. The van der Waals surface area contributed by atoms with Crippen LogP contribution in [0.4, 0.5) is 0 Å². The second kappa shape index (κ2) is 5.44. The van der Waals surface area contributed by atoms with Crippen LogP contribution in [0.25, 0.3) is 0 Å². The van der Waals surface area contributed by atoms with E-state index < -0.39 is 0 Å². The number of rotatable bonds is 4. The molecule has 1 aliphatic rings. The summed E-state index contributed by atoms with van der Waals surface area (Å²) in [6, 6.07) is 0.553. The first kappa shape index (κ1) is 12.4. The molecule has 1 heterocycles. The van der Waals surface area contributed by atoms with E-state index in [9.17, 15) is 0 Å². The average molecular weight is 215 g/mol. The third kappa shape index (κ3) is 3.44. The summed E-state index contributed by atoms with van der Waals surface area (Å²) in [7, 11) is 0. The van der Waals surface area contributed by atoms with Crippen LogP contribution >= 0.6 is 0 Å². The molecule has 0 amide bonds. The van der Waals surface area contributed by atoms with Gasteiger partial charge in [-0.2, -0.15) is 0 Å². The molecule has 0 bridgehead atoms. The number of hydrogen-bond donors (Lipinski definition) is 3. The number of ether oxygens (including phenoxy) is 1. The number of nitrogens with one attached hydrogen (secondary N) is 1. The Balaban J connectivity index is 2.52. The molecule has 1 fully saturated rings. The van der Waals surface area contributed by atoms with E-state index in [1.807, 2.05) is 0 Å². The zero-order chi connectivity index (χ0) is 11.4. The van der Waals surface area contributed by atoms with Crippen molar-refractivity contribution in [3.8, 4) is 0 Å².